The third-order valence-corrected chi connectivity index (χ3v) is 3.31. The van der Waals surface area contributed by atoms with Crippen LogP contribution in [0.5, 0.6) is 0 Å². The summed E-state index contributed by atoms with van der Waals surface area (Å²) in [7, 11) is 1.34. The lowest BCUT2D eigenvalue weighted by atomic mass is 9.92. The van der Waals surface area contributed by atoms with Gasteiger partial charge >= 0.3 is 5.97 Å². The fourth-order valence-electron chi connectivity index (χ4n) is 1.89. The van der Waals surface area contributed by atoms with Crippen LogP contribution in [-0.4, -0.2) is 29.9 Å². The van der Waals surface area contributed by atoms with E-state index in [1.54, 1.807) is 6.20 Å². The maximum absolute atomic E-state index is 11.6. The van der Waals surface area contributed by atoms with Crippen molar-refractivity contribution in [1.82, 2.24) is 4.98 Å². The Labute approximate surface area is 113 Å². The number of halogens is 1. The molecule has 1 aromatic heterocycles. The summed E-state index contributed by atoms with van der Waals surface area (Å²) in [4.78, 5) is 21.0. The number of aromatic nitrogens is 1. The van der Waals surface area contributed by atoms with Crippen LogP contribution in [0.1, 0.15) is 19.0 Å². The zero-order valence-corrected chi connectivity index (χ0v) is 11.7. The van der Waals surface area contributed by atoms with E-state index >= 15 is 0 Å². The highest BCUT2D eigenvalue weighted by molar-refractivity contribution is 9.10. The number of carbonyl (C=O) groups is 1. The van der Waals surface area contributed by atoms with Crippen molar-refractivity contribution in [1.29, 1.82) is 0 Å². The van der Waals surface area contributed by atoms with Gasteiger partial charge in [0.25, 0.3) is 0 Å². The second-order valence-corrected chi connectivity index (χ2v) is 4.82. The number of esters is 1. The molecular weight excluding hydrogens is 300 g/mol. The first-order valence-electron chi connectivity index (χ1n) is 5.60. The maximum Gasteiger partial charge on any atom is 0.350 e. The number of oxime groups is 1. The molecule has 1 aliphatic rings. The second kappa shape index (κ2) is 5.48. The standard InChI is InChI=1S/C12H13BrN2O3/c1-3-8-10(9-5-4-7(13)6-14-9)15-18-11(8)12(16)17-2/h4-6,8,11H,3H2,1-2H3. The molecule has 5 nitrogen and oxygen atoms in total. The summed E-state index contributed by atoms with van der Waals surface area (Å²) in [6.07, 6.45) is 1.76. The molecule has 0 radical (unpaired) electrons. The van der Waals surface area contributed by atoms with Crippen LogP contribution < -0.4 is 0 Å². The molecule has 0 saturated carbocycles. The molecule has 0 N–H and O–H groups in total. The van der Waals surface area contributed by atoms with Gasteiger partial charge in [-0.15, -0.1) is 0 Å². The SMILES string of the molecule is CCC1C(c2ccc(Br)cn2)=NOC1C(=O)OC. The predicted octanol–water partition coefficient (Wildman–Crippen LogP) is 2.15. The van der Waals surface area contributed by atoms with Crippen molar-refractivity contribution in [2.24, 2.45) is 11.1 Å². The second-order valence-electron chi connectivity index (χ2n) is 3.90. The number of ether oxygens (including phenoxy) is 1. The Morgan fingerprint density at radius 3 is 2.89 bits per heavy atom. The Bertz CT molecular complexity index is 473. The summed E-state index contributed by atoms with van der Waals surface area (Å²) in [5.74, 6) is -0.524. The molecule has 0 amide bonds. The summed E-state index contributed by atoms with van der Waals surface area (Å²) in [5, 5.41) is 3.98. The summed E-state index contributed by atoms with van der Waals surface area (Å²) in [6, 6.07) is 3.72. The van der Waals surface area contributed by atoms with Crippen LogP contribution in [0.15, 0.2) is 28.0 Å². The van der Waals surface area contributed by atoms with Gasteiger partial charge in [-0.25, -0.2) is 4.79 Å². The first-order chi connectivity index (χ1) is 8.67. The van der Waals surface area contributed by atoms with Gasteiger partial charge in [0, 0.05) is 10.7 Å². The van der Waals surface area contributed by atoms with Crippen molar-refractivity contribution in [3.63, 3.8) is 0 Å². The van der Waals surface area contributed by atoms with Crippen molar-refractivity contribution in [2.45, 2.75) is 19.4 Å². The molecule has 1 aromatic rings. The Morgan fingerprint density at radius 2 is 2.33 bits per heavy atom. The number of nitrogens with zero attached hydrogens (tertiary/aromatic N) is 2. The lowest BCUT2D eigenvalue weighted by Crippen LogP contribution is -2.32. The van der Waals surface area contributed by atoms with Crippen molar-refractivity contribution in [3.8, 4) is 0 Å². The van der Waals surface area contributed by atoms with Gasteiger partial charge in [0.05, 0.1) is 18.7 Å². The van der Waals surface area contributed by atoms with E-state index in [1.807, 2.05) is 19.1 Å². The zero-order valence-electron chi connectivity index (χ0n) is 10.1. The third kappa shape index (κ3) is 2.38. The number of rotatable bonds is 3. The van der Waals surface area contributed by atoms with E-state index in [1.165, 1.54) is 7.11 Å². The lowest BCUT2D eigenvalue weighted by Gasteiger charge is -2.14. The van der Waals surface area contributed by atoms with Gasteiger partial charge < -0.3 is 9.57 Å². The van der Waals surface area contributed by atoms with Crippen LogP contribution in [0.3, 0.4) is 0 Å². The number of carbonyl (C=O) groups excluding carboxylic acids is 1. The number of hydrogen-bond donors (Lipinski definition) is 0. The van der Waals surface area contributed by atoms with Crippen LogP contribution in [0.25, 0.3) is 0 Å². The van der Waals surface area contributed by atoms with E-state index in [2.05, 4.69) is 26.1 Å². The molecule has 2 atom stereocenters. The monoisotopic (exact) mass is 312 g/mol. The highest BCUT2D eigenvalue weighted by Gasteiger charge is 2.40. The minimum atomic E-state index is -0.666. The smallest absolute Gasteiger partial charge is 0.350 e. The van der Waals surface area contributed by atoms with Crippen LogP contribution in [0.2, 0.25) is 0 Å². The van der Waals surface area contributed by atoms with Crippen molar-refractivity contribution < 1.29 is 14.4 Å². The van der Waals surface area contributed by atoms with Crippen molar-refractivity contribution in [2.75, 3.05) is 7.11 Å². The summed E-state index contributed by atoms with van der Waals surface area (Å²) in [6.45, 7) is 1.98. The zero-order chi connectivity index (χ0) is 13.1. The fourth-order valence-corrected chi connectivity index (χ4v) is 2.13. The Hall–Kier alpha value is -1.43. The summed E-state index contributed by atoms with van der Waals surface area (Å²) < 4.78 is 5.60. The number of hydrogen-bond acceptors (Lipinski definition) is 5. The molecule has 2 unspecified atom stereocenters. The van der Waals surface area contributed by atoms with Gasteiger partial charge in [0.15, 0.2) is 0 Å². The van der Waals surface area contributed by atoms with Crippen LogP contribution in [-0.2, 0) is 14.4 Å². The minimum absolute atomic E-state index is 0.119. The number of pyridine rings is 1. The van der Waals surface area contributed by atoms with Crippen LogP contribution in [0.4, 0.5) is 0 Å². The Kier molecular flexibility index (Phi) is 3.96. The summed E-state index contributed by atoms with van der Waals surface area (Å²) >= 11 is 3.32. The first-order valence-corrected chi connectivity index (χ1v) is 6.40. The molecule has 0 spiro atoms. The summed E-state index contributed by atoms with van der Waals surface area (Å²) in [5.41, 5.74) is 1.41. The third-order valence-electron chi connectivity index (χ3n) is 2.84. The van der Waals surface area contributed by atoms with Crippen LogP contribution in [0, 0.1) is 5.92 Å². The lowest BCUT2D eigenvalue weighted by molar-refractivity contribution is -0.154. The highest BCUT2D eigenvalue weighted by Crippen LogP contribution is 2.26. The Balaban J connectivity index is 2.24. The molecule has 0 saturated heterocycles. The van der Waals surface area contributed by atoms with E-state index in [9.17, 15) is 4.79 Å². The van der Waals surface area contributed by atoms with Crippen molar-refractivity contribution in [3.05, 3.63) is 28.5 Å². The normalized spacial score (nSPS) is 22.3. The van der Waals surface area contributed by atoms with Gasteiger partial charge in [-0.2, -0.15) is 0 Å². The predicted molar refractivity (Wildman–Crippen MR) is 69.1 cm³/mol. The molecule has 2 rings (SSSR count). The molecule has 96 valence electrons. The fraction of sp³-hybridized carbons (Fsp3) is 0.417. The minimum Gasteiger partial charge on any atom is -0.466 e. The van der Waals surface area contributed by atoms with Crippen molar-refractivity contribution >= 4 is 27.6 Å². The molecular formula is C12H13BrN2O3. The molecule has 0 aliphatic carbocycles. The van der Waals surface area contributed by atoms with Gasteiger partial charge in [-0.05, 0) is 34.5 Å². The van der Waals surface area contributed by atoms with Gasteiger partial charge in [-0.1, -0.05) is 12.1 Å². The maximum atomic E-state index is 11.6. The molecule has 1 aliphatic heterocycles. The molecule has 0 fully saturated rings. The van der Waals surface area contributed by atoms with E-state index in [0.29, 0.717) is 5.71 Å². The van der Waals surface area contributed by atoms with E-state index in [-0.39, 0.29) is 5.92 Å². The average molecular weight is 313 g/mol. The molecule has 0 aromatic carbocycles. The first kappa shape index (κ1) is 13.0. The number of methoxy groups -OCH3 is 1. The molecule has 0 bridgehead atoms. The van der Waals surface area contributed by atoms with Gasteiger partial charge in [0.2, 0.25) is 6.10 Å². The van der Waals surface area contributed by atoms with E-state index < -0.39 is 12.1 Å². The quantitative estimate of drug-likeness (QED) is 0.802. The van der Waals surface area contributed by atoms with E-state index in [4.69, 9.17) is 9.57 Å². The largest absolute Gasteiger partial charge is 0.466 e. The molecule has 6 heteroatoms. The topological polar surface area (TPSA) is 60.8 Å². The van der Waals surface area contributed by atoms with Crippen LogP contribution >= 0.6 is 15.9 Å². The molecule has 18 heavy (non-hydrogen) atoms. The average Bonchev–Trinajstić information content (AvgIpc) is 2.82. The Morgan fingerprint density at radius 1 is 1.56 bits per heavy atom. The van der Waals surface area contributed by atoms with E-state index in [0.717, 1.165) is 16.6 Å². The van der Waals surface area contributed by atoms with Gasteiger partial charge in [-0.3, -0.25) is 4.98 Å². The molecule has 2 heterocycles. The van der Waals surface area contributed by atoms with Gasteiger partial charge in [0.1, 0.15) is 5.71 Å². The highest BCUT2D eigenvalue weighted by atomic mass is 79.9.